The molecule has 0 spiro atoms. The average Bonchev–Trinajstić information content (AvgIpc) is 2.91. The van der Waals surface area contributed by atoms with Crippen LogP contribution in [0.1, 0.15) is 5.56 Å². The molecule has 0 aliphatic carbocycles. The van der Waals surface area contributed by atoms with Crippen LogP contribution >= 0.6 is 11.8 Å². The van der Waals surface area contributed by atoms with Crippen LogP contribution in [0.4, 0.5) is 0 Å². The third-order valence-corrected chi connectivity index (χ3v) is 3.86. The van der Waals surface area contributed by atoms with Gasteiger partial charge in [-0.1, -0.05) is 30.0 Å². The maximum absolute atomic E-state index is 4.34. The largest absolute Gasteiger partial charge is 0.341 e. The first kappa shape index (κ1) is 12.1. The van der Waals surface area contributed by atoms with Gasteiger partial charge in [0.25, 0.3) is 0 Å². The Hall–Kier alpha value is -1.92. The summed E-state index contributed by atoms with van der Waals surface area (Å²) in [5.41, 5.74) is 2.83. The van der Waals surface area contributed by atoms with Gasteiger partial charge in [-0.05, 0) is 18.7 Å². The highest BCUT2D eigenvalue weighted by atomic mass is 32.2. The quantitative estimate of drug-likeness (QED) is 0.712. The van der Waals surface area contributed by atoms with E-state index in [0.717, 1.165) is 17.1 Å². The van der Waals surface area contributed by atoms with Crippen LogP contribution in [-0.2, 0) is 6.54 Å². The van der Waals surface area contributed by atoms with Gasteiger partial charge in [0, 0.05) is 11.4 Å². The van der Waals surface area contributed by atoms with Gasteiger partial charge in [0.05, 0.1) is 6.33 Å². The molecule has 0 bridgehead atoms. The number of fused-ring (bicyclic) bond motifs is 1. The smallest absolute Gasteiger partial charge is 0.181 e. The molecule has 2 aromatic heterocycles. The molecule has 3 rings (SSSR count). The number of rotatable bonds is 4. The summed E-state index contributed by atoms with van der Waals surface area (Å²) in [6.07, 6.45) is 3.19. The summed E-state index contributed by atoms with van der Waals surface area (Å²) in [7, 11) is 1.94. The summed E-state index contributed by atoms with van der Waals surface area (Å²) < 4.78 is 0. The Balaban J connectivity index is 1.99. The Morgan fingerprint density at radius 2 is 2.11 bits per heavy atom. The van der Waals surface area contributed by atoms with Gasteiger partial charge in [-0.15, -0.1) is 0 Å². The number of aromatic amines is 1. The highest BCUT2D eigenvalue weighted by molar-refractivity contribution is 7.99. The number of hydrogen-bond acceptors (Lipinski definition) is 5. The zero-order chi connectivity index (χ0) is 13.1. The molecule has 0 saturated heterocycles. The van der Waals surface area contributed by atoms with E-state index in [9.17, 15) is 0 Å². The molecule has 5 nitrogen and oxygen atoms in total. The van der Waals surface area contributed by atoms with Crippen molar-refractivity contribution in [3.63, 3.8) is 0 Å². The lowest BCUT2D eigenvalue weighted by Gasteiger charge is -2.08. The fourth-order valence-corrected chi connectivity index (χ4v) is 2.84. The lowest BCUT2D eigenvalue weighted by atomic mass is 10.2. The highest BCUT2D eigenvalue weighted by Gasteiger charge is 2.09. The van der Waals surface area contributed by atoms with Gasteiger partial charge >= 0.3 is 0 Å². The van der Waals surface area contributed by atoms with E-state index in [1.165, 1.54) is 10.5 Å². The van der Waals surface area contributed by atoms with Crippen molar-refractivity contribution in [3.8, 4) is 0 Å². The van der Waals surface area contributed by atoms with Crippen LogP contribution in [0.3, 0.4) is 0 Å². The third-order valence-electron chi connectivity index (χ3n) is 2.73. The molecule has 19 heavy (non-hydrogen) atoms. The molecule has 3 aromatic rings. The second-order valence-electron chi connectivity index (χ2n) is 4.02. The van der Waals surface area contributed by atoms with Crippen LogP contribution in [0.5, 0.6) is 0 Å². The van der Waals surface area contributed by atoms with Crippen molar-refractivity contribution < 1.29 is 0 Å². The van der Waals surface area contributed by atoms with Gasteiger partial charge < -0.3 is 10.3 Å². The normalized spacial score (nSPS) is 11.0. The molecule has 6 heteroatoms. The molecule has 1 aromatic carbocycles. The Labute approximate surface area is 114 Å². The Morgan fingerprint density at radius 3 is 3.00 bits per heavy atom. The Bertz CT molecular complexity index is 694. The van der Waals surface area contributed by atoms with E-state index in [2.05, 4.69) is 37.4 Å². The topological polar surface area (TPSA) is 66.5 Å². The molecule has 0 radical (unpaired) electrons. The monoisotopic (exact) mass is 271 g/mol. The molecule has 0 unspecified atom stereocenters. The van der Waals surface area contributed by atoms with Crippen molar-refractivity contribution in [2.75, 3.05) is 7.05 Å². The average molecular weight is 271 g/mol. The van der Waals surface area contributed by atoms with E-state index in [0.29, 0.717) is 5.65 Å². The van der Waals surface area contributed by atoms with Crippen molar-refractivity contribution in [2.24, 2.45) is 0 Å². The fourth-order valence-electron chi connectivity index (χ4n) is 1.86. The summed E-state index contributed by atoms with van der Waals surface area (Å²) >= 11 is 1.63. The highest BCUT2D eigenvalue weighted by Crippen LogP contribution is 2.31. The molecule has 0 aliphatic heterocycles. The van der Waals surface area contributed by atoms with Crippen molar-refractivity contribution in [1.82, 2.24) is 25.3 Å². The molecule has 2 heterocycles. The van der Waals surface area contributed by atoms with Crippen LogP contribution in [0, 0.1) is 0 Å². The summed E-state index contributed by atoms with van der Waals surface area (Å²) in [6.45, 7) is 0.834. The minimum Gasteiger partial charge on any atom is -0.341 e. The zero-order valence-electron chi connectivity index (χ0n) is 10.4. The van der Waals surface area contributed by atoms with Gasteiger partial charge in [-0.3, -0.25) is 0 Å². The summed E-state index contributed by atoms with van der Waals surface area (Å²) in [5, 5.41) is 4.07. The minimum absolute atomic E-state index is 0.698. The number of aromatic nitrogens is 4. The predicted octanol–water partition coefficient (Wildman–Crippen LogP) is 2.22. The number of nitrogens with zero attached hydrogens (tertiary/aromatic N) is 3. The van der Waals surface area contributed by atoms with Gasteiger partial charge in [0.2, 0.25) is 0 Å². The van der Waals surface area contributed by atoms with Crippen LogP contribution in [0.2, 0.25) is 0 Å². The molecular weight excluding hydrogens is 258 g/mol. The van der Waals surface area contributed by atoms with Crippen molar-refractivity contribution in [3.05, 3.63) is 42.5 Å². The van der Waals surface area contributed by atoms with Crippen molar-refractivity contribution >= 4 is 22.9 Å². The molecular formula is C13H13N5S. The minimum atomic E-state index is 0.698. The summed E-state index contributed by atoms with van der Waals surface area (Å²) in [4.78, 5) is 16.9. The summed E-state index contributed by atoms with van der Waals surface area (Å²) in [5.74, 6) is 0. The number of imidazole rings is 1. The summed E-state index contributed by atoms with van der Waals surface area (Å²) in [6, 6.07) is 8.29. The van der Waals surface area contributed by atoms with E-state index >= 15 is 0 Å². The Kier molecular flexibility index (Phi) is 3.43. The van der Waals surface area contributed by atoms with Gasteiger partial charge in [0.1, 0.15) is 16.9 Å². The molecule has 0 atom stereocenters. The number of benzene rings is 1. The molecule has 96 valence electrons. The first-order valence-electron chi connectivity index (χ1n) is 5.93. The predicted molar refractivity (Wildman–Crippen MR) is 75.0 cm³/mol. The number of H-pyrrole nitrogens is 1. The SMILES string of the molecule is CNCc1ccccc1Sc1ncnc2nc[nH]c12. The second-order valence-corrected chi connectivity index (χ2v) is 5.05. The lowest BCUT2D eigenvalue weighted by Crippen LogP contribution is -2.05. The van der Waals surface area contributed by atoms with Crippen LogP contribution in [-0.4, -0.2) is 27.0 Å². The van der Waals surface area contributed by atoms with E-state index in [1.54, 1.807) is 24.4 Å². The maximum Gasteiger partial charge on any atom is 0.181 e. The molecule has 0 saturated carbocycles. The molecule has 2 N–H and O–H groups in total. The van der Waals surface area contributed by atoms with Crippen LogP contribution in [0.15, 0.2) is 46.8 Å². The Morgan fingerprint density at radius 1 is 1.21 bits per heavy atom. The standard InChI is InChI=1S/C13H13N5S/c1-14-6-9-4-2-3-5-10(9)19-13-11-12(16-7-15-11)17-8-18-13/h2-5,7-8,14H,6H2,1H3,(H,15,16,17,18). The van der Waals surface area contributed by atoms with Crippen molar-refractivity contribution in [1.29, 1.82) is 0 Å². The second kappa shape index (κ2) is 5.38. The zero-order valence-corrected chi connectivity index (χ0v) is 11.2. The first-order chi connectivity index (χ1) is 9.38. The fraction of sp³-hybridized carbons (Fsp3) is 0.154. The van der Waals surface area contributed by atoms with Crippen molar-refractivity contribution in [2.45, 2.75) is 16.5 Å². The number of nitrogens with one attached hydrogen (secondary N) is 2. The van der Waals surface area contributed by atoms with E-state index in [1.807, 2.05) is 19.2 Å². The van der Waals surface area contributed by atoms with Crippen LogP contribution < -0.4 is 5.32 Å². The maximum atomic E-state index is 4.34. The van der Waals surface area contributed by atoms with E-state index in [-0.39, 0.29) is 0 Å². The van der Waals surface area contributed by atoms with E-state index in [4.69, 9.17) is 0 Å². The first-order valence-corrected chi connectivity index (χ1v) is 6.74. The lowest BCUT2D eigenvalue weighted by molar-refractivity contribution is 0.803. The molecule has 0 fully saturated rings. The molecule has 0 amide bonds. The molecule has 0 aliphatic rings. The van der Waals surface area contributed by atoms with Gasteiger partial charge in [0.15, 0.2) is 5.65 Å². The number of hydrogen-bond donors (Lipinski definition) is 2. The third kappa shape index (κ3) is 2.45. The van der Waals surface area contributed by atoms with Crippen LogP contribution in [0.25, 0.3) is 11.2 Å². The van der Waals surface area contributed by atoms with Gasteiger partial charge in [-0.25, -0.2) is 15.0 Å². The van der Waals surface area contributed by atoms with E-state index < -0.39 is 0 Å². The van der Waals surface area contributed by atoms with Gasteiger partial charge in [-0.2, -0.15) is 0 Å².